The van der Waals surface area contributed by atoms with Gasteiger partial charge >= 0.3 is 0 Å². The zero-order chi connectivity index (χ0) is 11.8. The molecule has 84 valence electrons. The number of nitrogens with zero attached hydrogens (tertiary/aromatic N) is 2. The third-order valence-corrected chi connectivity index (χ3v) is 3.23. The number of hydrogen-bond donors (Lipinski definition) is 0. The van der Waals surface area contributed by atoms with Gasteiger partial charge in [0.25, 0.3) is 0 Å². The second-order valence-electron chi connectivity index (χ2n) is 3.72. The zero-order valence-electron chi connectivity index (χ0n) is 8.77. The van der Waals surface area contributed by atoms with Crippen molar-refractivity contribution in [2.45, 2.75) is 0 Å². The summed E-state index contributed by atoms with van der Waals surface area (Å²) in [5, 5.41) is 0. The van der Waals surface area contributed by atoms with Crippen LogP contribution in [0.25, 0.3) is 16.9 Å². The average Bonchev–Trinajstić information content (AvgIpc) is 2.72. The molecule has 17 heavy (non-hydrogen) atoms. The van der Waals surface area contributed by atoms with E-state index in [-0.39, 0.29) is 5.82 Å². The molecule has 2 heterocycles. The van der Waals surface area contributed by atoms with Crippen LogP contribution in [0.1, 0.15) is 0 Å². The fourth-order valence-corrected chi connectivity index (χ4v) is 2.32. The standard InChI is InChI=1S/C13H8BrFN2/c14-11-7-9(15)4-5-10(11)12-8-17-6-2-1-3-13(17)16-12/h1-8H. The molecule has 0 N–H and O–H groups in total. The topological polar surface area (TPSA) is 17.3 Å². The maximum absolute atomic E-state index is 13.0. The highest BCUT2D eigenvalue weighted by Gasteiger charge is 2.08. The van der Waals surface area contributed by atoms with Gasteiger partial charge in [-0.15, -0.1) is 0 Å². The number of hydrogen-bond acceptors (Lipinski definition) is 1. The van der Waals surface area contributed by atoms with E-state index in [1.165, 1.54) is 12.1 Å². The number of imidazole rings is 1. The van der Waals surface area contributed by atoms with Gasteiger partial charge in [0.15, 0.2) is 0 Å². The molecular weight excluding hydrogens is 283 g/mol. The van der Waals surface area contributed by atoms with Crippen LogP contribution in [0.15, 0.2) is 53.3 Å². The molecule has 1 aromatic carbocycles. The zero-order valence-corrected chi connectivity index (χ0v) is 10.4. The highest BCUT2D eigenvalue weighted by Crippen LogP contribution is 2.28. The van der Waals surface area contributed by atoms with Gasteiger partial charge in [0, 0.05) is 22.4 Å². The SMILES string of the molecule is Fc1ccc(-c2cn3ccccc3n2)c(Br)c1. The maximum atomic E-state index is 13.0. The summed E-state index contributed by atoms with van der Waals surface area (Å²) in [4.78, 5) is 4.48. The van der Waals surface area contributed by atoms with Gasteiger partial charge < -0.3 is 4.40 Å². The summed E-state index contributed by atoms with van der Waals surface area (Å²) in [7, 11) is 0. The second-order valence-corrected chi connectivity index (χ2v) is 4.57. The summed E-state index contributed by atoms with van der Waals surface area (Å²) in [6.07, 6.45) is 3.86. The fourth-order valence-electron chi connectivity index (χ4n) is 1.76. The minimum absolute atomic E-state index is 0.260. The average molecular weight is 291 g/mol. The van der Waals surface area contributed by atoms with Gasteiger partial charge in [0.2, 0.25) is 0 Å². The molecule has 0 aliphatic carbocycles. The summed E-state index contributed by atoms with van der Waals surface area (Å²) in [6, 6.07) is 10.4. The molecule has 0 unspecified atom stereocenters. The molecular formula is C13H8BrFN2. The van der Waals surface area contributed by atoms with Crippen molar-refractivity contribution in [3.8, 4) is 11.3 Å². The van der Waals surface area contributed by atoms with Crippen molar-refractivity contribution in [3.05, 3.63) is 59.1 Å². The highest BCUT2D eigenvalue weighted by molar-refractivity contribution is 9.10. The van der Waals surface area contributed by atoms with Crippen LogP contribution in [0.5, 0.6) is 0 Å². The Kier molecular flexibility index (Phi) is 2.44. The normalized spacial score (nSPS) is 10.9. The Labute approximate surface area is 106 Å². The third-order valence-electron chi connectivity index (χ3n) is 2.57. The van der Waals surface area contributed by atoms with Crippen LogP contribution in [-0.2, 0) is 0 Å². The lowest BCUT2D eigenvalue weighted by atomic mass is 10.2. The van der Waals surface area contributed by atoms with Crippen LogP contribution in [0.4, 0.5) is 4.39 Å². The van der Waals surface area contributed by atoms with Gasteiger partial charge in [0.1, 0.15) is 11.5 Å². The number of halogens is 2. The van der Waals surface area contributed by atoms with Gasteiger partial charge in [-0.3, -0.25) is 0 Å². The Morgan fingerprint density at radius 1 is 1.18 bits per heavy atom. The van der Waals surface area contributed by atoms with Gasteiger partial charge in [-0.1, -0.05) is 6.07 Å². The first-order valence-electron chi connectivity index (χ1n) is 5.13. The second kappa shape index (κ2) is 3.96. The van der Waals surface area contributed by atoms with Crippen molar-refractivity contribution < 1.29 is 4.39 Å². The quantitative estimate of drug-likeness (QED) is 0.664. The first kappa shape index (κ1) is 10.5. The van der Waals surface area contributed by atoms with Crippen molar-refractivity contribution in [3.63, 3.8) is 0 Å². The molecule has 0 amide bonds. The van der Waals surface area contributed by atoms with Crippen LogP contribution in [0.3, 0.4) is 0 Å². The first-order valence-corrected chi connectivity index (χ1v) is 5.92. The van der Waals surface area contributed by atoms with Gasteiger partial charge in [-0.05, 0) is 46.3 Å². The third kappa shape index (κ3) is 1.85. The Morgan fingerprint density at radius 2 is 2.06 bits per heavy atom. The van der Waals surface area contributed by atoms with Gasteiger partial charge in [-0.2, -0.15) is 0 Å². The van der Waals surface area contributed by atoms with Crippen molar-refractivity contribution >= 4 is 21.6 Å². The predicted octanol–water partition coefficient (Wildman–Crippen LogP) is 3.90. The molecule has 0 fully saturated rings. The van der Waals surface area contributed by atoms with Crippen LogP contribution in [-0.4, -0.2) is 9.38 Å². The summed E-state index contributed by atoms with van der Waals surface area (Å²) in [5.74, 6) is -0.260. The van der Waals surface area contributed by atoms with Crippen molar-refractivity contribution in [1.29, 1.82) is 0 Å². The molecule has 3 aromatic rings. The van der Waals surface area contributed by atoms with Crippen molar-refractivity contribution in [2.24, 2.45) is 0 Å². The molecule has 2 nitrogen and oxygen atoms in total. The van der Waals surface area contributed by atoms with Crippen LogP contribution in [0, 0.1) is 5.82 Å². The molecule has 0 atom stereocenters. The Morgan fingerprint density at radius 3 is 2.82 bits per heavy atom. The monoisotopic (exact) mass is 290 g/mol. The highest BCUT2D eigenvalue weighted by atomic mass is 79.9. The van der Waals surface area contributed by atoms with E-state index in [2.05, 4.69) is 20.9 Å². The molecule has 4 heteroatoms. The smallest absolute Gasteiger partial charge is 0.137 e. The van der Waals surface area contributed by atoms with Crippen LogP contribution >= 0.6 is 15.9 Å². The van der Waals surface area contributed by atoms with Crippen molar-refractivity contribution in [2.75, 3.05) is 0 Å². The molecule has 0 aliphatic rings. The summed E-state index contributed by atoms with van der Waals surface area (Å²) in [5.41, 5.74) is 2.58. The lowest BCUT2D eigenvalue weighted by Crippen LogP contribution is -1.81. The number of benzene rings is 1. The number of fused-ring (bicyclic) bond motifs is 1. The lowest BCUT2D eigenvalue weighted by Gasteiger charge is -1.99. The Bertz CT molecular complexity index is 658. The molecule has 0 aliphatic heterocycles. The van der Waals surface area contributed by atoms with Gasteiger partial charge in [-0.25, -0.2) is 9.37 Å². The number of rotatable bonds is 1. The van der Waals surface area contributed by atoms with E-state index < -0.39 is 0 Å². The van der Waals surface area contributed by atoms with Crippen LogP contribution in [0.2, 0.25) is 0 Å². The fraction of sp³-hybridized carbons (Fsp3) is 0. The largest absolute Gasteiger partial charge is 0.306 e. The molecule has 0 spiro atoms. The molecule has 0 radical (unpaired) electrons. The molecule has 0 saturated heterocycles. The number of pyridine rings is 1. The molecule has 0 saturated carbocycles. The predicted molar refractivity (Wildman–Crippen MR) is 68.3 cm³/mol. The van der Waals surface area contributed by atoms with E-state index in [0.717, 1.165) is 16.9 Å². The first-order chi connectivity index (χ1) is 8.24. The molecule has 3 rings (SSSR count). The van der Waals surface area contributed by atoms with E-state index in [1.54, 1.807) is 6.07 Å². The van der Waals surface area contributed by atoms with E-state index in [0.29, 0.717) is 4.47 Å². The van der Waals surface area contributed by atoms with E-state index >= 15 is 0 Å². The van der Waals surface area contributed by atoms with Crippen molar-refractivity contribution in [1.82, 2.24) is 9.38 Å². The summed E-state index contributed by atoms with van der Waals surface area (Å²) < 4.78 is 15.7. The van der Waals surface area contributed by atoms with E-state index in [1.807, 2.05) is 35.0 Å². The molecule has 2 aromatic heterocycles. The number of aromatic nitrogens is 2. The summed E-state index contributed by atoms with van der Waals surface area (Å²) >= 11 is 3.35. The van der Waals surface area contributed by atoms with Crippen LogP contribution < -0.4 is 0 Å². The Hall–Kier alpha value is -1.68. The molecule has 0 bridgehead atoms. The van der Waals surface area contributed by atoms with Gasteiger partial charge in [0.05, 0.1) is 5.69 Å². The Balaban J connectivity index is 2.20. The van der Waals surface area contributed by atoms with E-state index in [9.17, 15) is 4.39 Å². The minimum atomic E-state index is -0.260. The minimum Gasteiger partial charge on any atom is -0.306 e. The maximum Gasteiger partial charge on any atom is 0.137 e. The summed E-state index contributed by atoms with van der Waals surface area (Å²) in [6.45, 7) is 0. The lowest BCUT2D eigenvalue weighted by molar-refractivity contribution is 0.627. The van der Waals surface area contributed by atoms with E-state index in [4.69, 9.17) is 0 Å².